The van der Waals surface area contributed by atoms with E-state index in [0.29, 0.717) is 5.75 Å². The van der Waals surface area contributed by atoms with Gasteiger partial charge in [0, 0.05) is 20.0 Å². The van der Waals surface area contributed by atoms with Crippen molar-refractivity contribution >= 4 is 27.6 Å². The van der Waals surface area contributed by atoms with Gasteiger partial charge in [-0.3, -0.25) is 4.79 Å². The molecule has 0 aromatic carbocycles. The Bertz CT molecular complexity index is 199. The molecule has 0 amide bonds. The Hall–Kier alpha value is 0.0900. The summed E-state index contributed by atoms with van der Waals surface area (Å²) in [5, 5.41) is 0. The van der Waals surface area contributed by atoms with Crippen molar-refractivity contribution in [3.63, 3.8) is 0 Å². The topological polar surface area (TPSA) is 44.8 Å². The maximum Gasteiger partial charge on any atom is 0.320 e. The summed E-state index contributed by atoms with van der Waals surface area (Å²) in [6, 6.07) is 0. The Morgan fingerprint density at radius 2 is 1.75 bits per heavy atom. The molecule has 0 atom stereocenters. The first-order valence-corrected chi connectivity index (χ1v) is 7.37. The fourth-order valence-corrected chi connectivity index (χ4v) is 3.18. The third kappa shape index (κ3) is 9.33. The zero-order valence-electron chi connectivity index (χ0n) is 10.4. The van der Waals surface area contributed by atoms with Crippen LogP contribution in [0, 0.1) is 5.41 Å². The van der Waals surface area contributed by atoms with Gasteiger partial charge in [0.15, 0.2) is 0 Å². The van der Waals surface area contributed by atoms with Gasteiger partial charge in [-0.2, -0.15) is 0 Å². The zero-order chi connectivity index (χ0) is 12.6. The summed E-state index contributed by atoms with van der Waals surface area (Å²) in [5.74, 6) is 0.951. The molecule has 0 spiro atoms. The van der Waals surface area contributed by atoms with Crippen LogP contribution in [-0.2, 0) is 19.0 Å². The first-order chi connectivity index (χ1) is 7.39. The number of hydrogen-bond acceptors (Lipinski definition) is 6. The lowest BCUT2D eigenvalue weighted by Crippen LogP contribution is -2.22. The summed E-state index contributed by atoms with van der Waals surface area (Å²) in [6.45, 7) is 5.57. The predicted octanol–water partition coefficient (Wildman–Crippen LogP) is 2.53. The van der Waals surface area contributed by atoms with E-state index in [4.69, 9.17) is 14.2 Å². The Kier molecular flexibility index (Phi) is 8.27. The van der Waals surface area contributed by atoms with Gasteiger partial charge in [-0.1, -0.05) is 42.4 Å². The summed E-state index contributed by atoms with van der Waals surface area (Å²) in [5.41, 5.74) is 0.267. The molecule has 0 aromatic heterocycles. The van der Waals surface area contributed by atoms with Gasteiger partial charge >= 0.3 is 12.4 Å². The third-order valence-electron chi connectivity index (χ3n) is 1.36. The zero-order valence-corrected chi connectivity index (χ0v) is 12.1. The molecule has 0 aliphatic carbocycles. The van der Waals surface area contributed by atoms with Crippen molar-refractivity contribution in [1.29, 1.82) is 0 Å². The second-order valence-corrected chi connectivity index (χ2v) is 6.80. The fraction of sp³-hybridized carbons (Fsp3) is 0.900. The van der Waals surface area contributed by atoms with Crippen molar-refractivity contribution in [1.82, 2.24) is 0 Å². The fourth-order valence-electron chi connectivity index (χ4n) is 0.642. The normalized spacial score (nSPS) is 11.9. The Morgan fingerprint density at radius 1 is 1.19 bits per heavy atom. The van der Waals surface area contributed by atoms with E-state index in [2.05, 4.69) is 20.8 Å². The molecular formula is C10H20O4S2. The third-order valence-corrected chi connectivity index (χ3v) is 4.08. The molecule has 0 rings (SSSR count). The van der Waals surface area contributed by atoms with Crippen molar-refractivity contribution < 1.29 is 19.0 Å². The average molecular weight is 268 g/mol. The van der Waals surface area contributed by atoms with Crippen LogP contribution < -0.4 is 0 Å². The van der Waals surface area contributed by atoms with E-state index in [1.54, 1.807) is 10.8 Å². The molecule has 0 saturated heterocycles. The van der Waals surface area contributed by atoms with Crippen LogP contribution in [0.5, 0.6) is 0 Å². The minimum Gasteiger partial charge on any atom is -0.410 e. The number of carbonyl (C=O) groups excluding carboxylic acids is 1. The highest BCUT2D eigenvalue weighted by Crippen LogP contribution is 2.29. The van der Waals surface area contributed by atoms with Crippen LogP contribution in [-0.4, -0.2) is 38.2 Å². The average Bonchev–Trinajstić information content (AvgIpc) is 2.19. The van der Waals surface area contributed by atoms with Gasteiger partial charge < -0.3 is 14.2 Å². The first-order valence-electron chi connectivity index (χ1n) is 4.88. The van der Waals surface area contributed by atoms with Crippen LogP contribution in [0.25, 0.3) is 0 Å². The molecule has 16 heavy (non-hydrogen) atoms. The van der Waals surface area contributed by atoms with Crippen LogP contribution in [0.4, 0.5) is 0 Å². The minimum absolute atomic E-state index is 0.267. The van der Waals surface area contributed by atoms with Gasteiger partial charge in [-0.15, -0.1) is 0 Å². The Labute approximate surface area is 105 Å². The maximum atomic E-state index is 11.3. The molecule has 0 radical (unpaired) electrons. The van der Waals surface area contributed by atoms with E-state index < -0.39 is 6.48 Å². The number of hydrogen-bond donors (Lipinski definition) is 0. The monoisotopic (exact) mass is 268 g/mol. The Morgan fingerprint density at radius 3 is 2.19 bits per heavy atom. The summed E-state index contributed by atoms with van der Waals surface area (Å²) in [7, 11) is 5.99. The van der Waals surface area contributed by atoms with Crippen LogP contribution in [0.1, 0.15) is 20.8 Å². The number of rotatable bonds is 7. The molecule has 4 nitrogen and oxygen atoms in total. The summed E-state index contributed by atoms with van der Waals surface area (Å²) < 4.78 is 14.4. The number of esters is 1. The molecule has 0 N–H and O–H groups in total. The summed E-state index contributed by atoms with van der Waals surface area (Å²) in [4.78, 5) is 11.3. The highest BCUT2D eigenvalue weighted by atomic mass is 33.1. The second-order valence-electron chi connectivity index (χ2n) is 4.33. The van der Waals surface area contributed by atoms with Gasteiger partial charge in [0.1, 0.15) is 5.75 Å². The number of carbonyl (C=O) groups is 1. The van der Waals surface area contributed by atoms with E-state index in [-0.39, 0.29) is 11.4 Å². The highest BCUT2D eigenvalue weighted by Gasteiger charge is 2.14. The molecule has 0 bridgehead atoms. The van der Waals surface area contributed by atoms with E-state index >= 15 is 0 Å². The number of methoxy groups -OCH3 is 2. The molecule has 0 fully saturated rings. The van der Waals surface area contributed by atoms with Crippen molar-refractivity contribution in [2.24, 2.45) is 5.41 Å². The molecule has 0 aromatic rings. The van der Waals surface area contributed by atoms with Crippen molar-refractivity contribution in [2.75, 3.05) is 25.7 Å². The standard InChI is InChI=1S/C10H20O4S2/c1-10(2,3)7-16-15-6-8(11)14-9(12-4)13-5/h9H,6-7H2,1-5H3. The minimum atomic E-state index is -0.902. The van der Waals surface area contributed by atoms with Crippen molar-refractivity contribution in [3.05, 3.63) is 0 Å². The SMILES string of the molecule is COC(OC)OC(=O)CSSCC(C)(C)C. The molecule has 6 heteroatoms. The van der Waals surface area contributed by atoms with Gasteiger partial charge in [0.2, 0.25) is 0 Å². The summed E-state index contributed by atoms with van der Waals surface area (Å²) >= 11 is 0. The molecule has 0 heterocycles. The molecule has 0 aliphatic heterocycles. The maximum absolute atomic E-state index is 11.3. The molecule has 0 saturated carbocycles. The van der Waals surface area contributed by atoms with Crippen LogP contribution in [0.15, 0.2) is 0 Å². The Balaban J connectivity index is 3.58. The molecule has 0 aliphatic rings. The van der Waals surface area contributed by atoms with Crippen LogP contribution in [0.2, 0.25) is 0 Å². The second kappa shape index (κ2) is 8.22. The van der Waals surface area contributed by atoms with E-state index in [1.807, 2.05) is 0 Å². The van der Waals surface area contributed by atoms with E-state index in [1.165, 1.54) is 25.0 Å². The van der Waals surface area contributed by atoms with Gasteiger partial charge in [0.25, 0.3) is 0 Å². The van der Waals surface area contributed by atoms with Crippen LogP contribution >= 0.6 is 21.6 Å². The first kappa shape index (κ1) is 16.1. The lowest BCUT2D eigenvalue weighted by Gasteiger charge is -2.17. The quantitative estimate of drug-likeness (QED) is 0.306. The van der Waals surface area contributed by atoms with E-state index in [0.717, 1.165) is 5.75 Å². The van der Waals surface area contributed by atoms with Crippen LogP contribution in [0.3, 0.4) is 0 Å². The molecular weight excluding hydrogens is 248 g/mol. The van der Waals surface area contributed by atoms with E-state index in [9.17, 15) is 4.79 Å². The number of ether oxygens (including phenoxy) is 3. The van der Waals surface area contributed by atoms with Gasteiger partial charge in [-0.05, 0) is 5.41 Å². The lowest BCUT2D eigenvalue weighted by molar-refractivity contribution is -0.253. The van der Waals surface area contributed by atoms with Gasteiger partial charge in [-0.25, -0.2) is 0 Å². The summed E-state index contributed by atoms with van der Waals surface area (Å²) in [6.07, 6.45) is 0. The highest BCUT2D eigenvalue weighted by molar-refractivity contribution is 8.76. The largest absolute Gasteiger partial charge is 0.410 e. The molecule has 96 valence electrons. The molecule has 0 unspecified atom stereocenters. The smallest absolute Gasteiger partial charge is 0.320 e. The van der Waals surface area contributed by atoms with Crippen molar-refractivity contribution in [3.8, 4) is 0 Å². The van der Waals surface area contributed by atoms with Crippen molar-refractivity contribution in [2.45, 2.75) is 27.2 Å². The van der Waals surface area contributed by atoms with Gasteiger partial charge in [0.05, 0.1) is 0 Å². The lowest BCUT2D eigenvalue weighted by atomic mass is 10.0. The predicted molar refractivity (Wildman–Crippen MR) is 68.3 cm³/mol.